The maximum atomic E-state index is 5.28. The Hall–Kier alpha value is -2.97. The van der Waals surface area contributed by atoms with E-state index in [-0.39, 0.29) is 6.04 Å². The molecule has 0 N–H and O–H groups in total. The summed E-state index contributed by atoms with van der Waals surface area (Å²) in [5.41, 5.74) is 4.77. The third kappa shape index (κ3) is 4.42. The fourth-order valence-electron chi connectivity index (χ4n) is 3.20. The largest absolute Gasteiger partial charge is 0.275 e. The quantitative estimate of drug-likeness (QED) is 0.342. The number of aliphatic imine (C=N–C) groups is 1. The molecule has 27 heavy (non-hydrogen) atoms. The van der Waals surface area contributed by atoms with Gasteiger partial charge in [0.25, 0.3) is 0 Å². The smallest absolute Gasteiger partial charge is 0.0826 e. The molecule has 4 rings (SSSR count). The van der Waals surface area contributed by atoms with Crippen LogP contribution in [0.4, 0.5) is 0 Å². The maximum absolute atomic E-state index is 5.28. The Balaban J connectivity index is 1.79. The van der Waals surface area contributed by atoms with Crippen LogP contribution in [0.25, 0.3) is 0 Å². The number of thiophene rings is 1. The minimum Gasteiger partial charge on any atom is -0.275 e. The van der Waals surface area contributed by atoms with E-state index in [1.807, 2.05) is 6.07 Å². The van der Waals surface area contributed by atoms with E-state index < -0.39 is 0 Å². The lowest BCUT2D eigenvalue weighted by atomic mass is 9.98. The van der Waals surface area contributed by atoms with Crippen LogP contribution < -0.4 is 0 Å². The summed E-state index contributed by atoms with van der Waals surface area (Å²) in [5.74, 6) is 0. The minimum absolute atomic E-state index is 0.0749. The van der Waals surface area contributed by atoms with Crippen molar-refractivity contribution in [2.24, 2.45) is 4.99 Å². The summed E-state index contributed by atoms with van der Waals surface area (Å²) < 4.78 is 0. The summed E-state index contributed by atoms with van der Waals surface area (Å²) >= 11 is 1.74. The van der Waals surface area contributed by atoms with Gasteiger partial charge in [-0.3, -0.25) is 4.99 Å². The molecule has 0 aliphatic heterocycles. The van der Waals surface area contributed by atoms with Gasteiger partial charge in [-0.15, -0.1) is 11.3 Å². The molecule has 0 aliphatic rings. The predicted molar refractivity (Wildman–Crippen MR) is 116 cm³/mol. The third-order valence-corrected chi connectivity index (χ3v) is 5.42. The van der Waals surface area contributed by atoms with E-state index in [4.69, 9.17) is 4.99 Å². The van der Waals surface area contributed by atoms with Crippen LogP contribution in [0, 0.1) is 0 Å². The summed E-state index contributed by atoms with van der Waals surface area (Å²) in [6, 6.07) is 36.0. The summed E-state index contributed by atoms with van der Waals surface area (Å²) in [6.45, 7) is 0. The highest BCUT2D eigenvalue weighted by Gasteiger charge is 2.15. The van der Waals surface area contributed by atoms with E-state index in [1.54, 1.807) is 11.3 Å². The van der Waals surface area contributed by atoms with Crippen molar-refractivity contribution in [1.82, 2.24) is 0 Å². The highest BCUT2D eigenvalue weighted by atomic mass is 32.1. The Morgan fingerprint density at radius 2 is 1.33 bits per heavy atom. The first-order valence-corrected chi connectivity index (χ1v) is 10.0. The van der Waals surface area contributed by atoms with E-state index in [0.29, 0.717) is 0 Å². The summed E-state index contributed by atoms with van der Waals surface area (Å²) in [4.78, 5) is 6.49. The van der Waals surface area contributed by atoms with Crippen LogP contribution in [0.5, 0.6) is 0 Å². The topological polar surface area (TPSA) is 12.4 Å². The number of rotatable bonds is 6. The van der Waals surface area contributed by atoms with Crippen molar-refractivity contribution in [3.8, 4) is 0 Å². The van der Waals surface area contributed by atoms with Crippen LogP contribution in [0.15, 0.2) is 114 Å². The van der Waals surface area contributed by atoms with Gasteiger partial charge in [0.2, 0.25) is 0 Å². The molecule has 0 fully saturated rings. The average Bonchev–Trinajstić information content (AvgIpc) is 3.28. The first-order chi connectivity index (χ1) is 13.4. The lowest BCUT2D eigenvalue weighted by Gasteiger charge is -2.16. The molecule has 0 unspecified atom stereocenters. The molecule has 0 bridgehead atoms. The molecule has 0 saturated heterocycles. The summed E-state index contributed by atoms with van der Waals surface area (Å²) in [6.07, 6.45) is 0.882. The summed E-state index contributed by atoms with van der Waals surface area (Å²) in [7, 11) is 0. The molecule has 1 nitrogen and oxygen atoms in total. The normalized spacial score (nSPS) is 12.7. The van der Waals surface area contributed by atoms with Gasteiger partial charge >= 0.3 is 0 Å². The van der Waals surface area contributed by atoms with Gasteiger partial charge in [0.1, 0.15) is 0 Å². The fraction of sp³-hybridized carbons (Fsp3) is 0.0800. The highest BCUT2D eigenvalue weighted by Crippen LogP contribution is 2.26. The molecule has 0 amide bonds. The molecule has 1 aromatic heterocycles. The molecular weight excluding hydrogens is 346 g/mol. The molecule has 2 heteroatoms. The standard InChI is InChI=1S/C25H21NS/c1-4-11-20(12-5-1)19-23(21-13-6-2-7-14-21)26-25(24-17-10-18-27-24)22-15-8-3-9-16-22/h1-18,23H,19H2/t23-/m0/s1. The van der Waals surface area contributed by atoms with Crippen LogP contribution in [-0.2, 0) is 6.42 Å². The van der Waals surface area contributed by atoms with Crippen molar-refractivity contribution in [2.75, 3.05) is 0 Å². The zero-order valence-electron chi connectivity index (χ0n) is 15.0. The number of hydrogen-bond acceptors (Lipinski definition) is 2. The van der Waals surface area contributed by atoms with Crippen molar-refractivity contribution in [1.29, 1.82) is 0 Å². The van der Waals surface area contributed by atoms with Crippen LogP contribution in [0.1, 0.15) is 27.6 Å². The van der Waals surface area contributed by atoms with Crippen LogP contribution in [-0.4, -0.2) is 5.71 Å². The van der Waals surface area contributed by atoms with Gasteiger partial charge in [0, 0.05) is 5.56 Å². The average molecular weight is 368 g/mol. The molecule has 0 aliphatic carbocycles. The first-order valence-electron chi connectivity index (χ1n) is 9.16. The molecule has 0 spiro atoms. The van der Waals surface area contributed by atoms with Crippen molar-refractivity contribution in [3.63, 3.8) is 0 Å². The van der Waals surface area contributed by atoms with E-state index in [1.165, 1.54) is 16.0 Å². The van der Waals surface area contributed by atoms with Crippen molar-refractivity contribution < 1.29 is 0 Å². The monoisotopic (exact) mass is 367 g/mol. The van der Waals surface area contributed by atoms with Crippen molar-refractivity contribution >= 4 is 17.0 Å². The summed E-state index contributed by atoms with van der Waals surface area (Å²) in [5, 5.41) is 2.11. The predicted octanol–water partition coefficient (Wildman–Crippen LogP) is 6.57. The zero-order chi connectivity index (χ0) is 18.3. The van der Waals surface area contributed by atoms with E-state index in [2.05, 4.69) is 102 Å². The number of nitrogens with zero attached hydrogens (tertiary/aromatic N) is 1. The highest BCUT2D eigenvalue weighted by molar-refractivity contribution is 7.12. The number of benzene rings is 3. The van der Waals surface area contributed by atoms with Crippen LogP contribution in [0.3, 0.4) is 0 Å². The van der Waals surface area contributed by atoms with Gasteiger partial charge in [0.15, 0.2) is 0 Å². The van der Waals surface area contributed by atoms with Crippen molar-refractivity contribution in [2.45, 2.75) is 12.5 Å². The maximum Gasteiger partial charge on any atom is 0.0826 e. The Morgan fingerprint density at radius 3 is 1.96 bits per heavy atom. The molecule has 0 saturated carbocycles. The Kier molecular flexibility index (Phi) is 5.56. The van der Waals surface area contributed by atoms with E-state index in [0.717, 1.165) is 17.7 Å². The second-order valence-electron chi connectivity index (χ2n) is 6.44. The van der Waals surface area contributed by atoms with Crippen LogP contribution in [0.2, 0.25) is 0 Å². The second-order valence-corrected chi connectivity index (χ2v) is 7.38. The van der Waals surface area contributed by atoms with Gasteiger partial charge in [-0.2, -0.15) is 0 Å². The zero-order valence-corrected chi connectivity index (χ0v) is 15.8. The molecule has 3 aromatic carbocycles. The minimum atomic E-state index is 0.0749. The van der Waals surface area contributed by atoms with Crippen LogP contribution >= 0.6 is 11.3 Å². The molecule has 0 radical (unpaired) electrons. The molecule has 1 heterocycles. The molecule has 4 aromatic rings. The van der Waals surface area contributed by atoms with Gasteiger partial charge < -0.3 is 0 Å². The Bertz CT molecular complexity index is 974. The molecular formula is C25H21NS. The number of hydrogen-bond donors (Lipinski definition) is 0. The lowest BCUT2D eigenvalue weighted by Crippen LogP contribution is -2.08. The lowest BCUT2D eigenvalue weighted by molar-refractivity contribution is 0.725. The fourth-order valence-corrected chi connectivity index (χ4v) is 3.94. The van der Waals surface area contributed by atoms with Gasteiger partial charge in [0.05, 0.1) is 16.6 Å². The van der Waals surface area contributed by atoms with Gasteiger partial charge in [-0.1, -0.05) is 97.1 Å². The second kappa shape index (κ2) is 8.61. The van der Waals surface area contributed by atoms with E-state index in [9.17, 15) is 0 Å². The Labute approximate surface area is 164 Å². The third-order valence-electron chi connectivity index (χ3n) is 4.54. The SMILES string of the molecule is c1ccc(C[C@H](N=C(c2ccccc2)c2cccs2)c2ccccc2)cc1. The first kappa shape index (κ1) is 17.4. The van der Waals surface area contributed by atoms with E-state index >= 15 is 0 Å². The van der Waals surface area contributed by atoms with Gasteiger partial charge in [-0.05, 0) is 29.0 Å². The van der Waals surface area contributed by atoms with Gasteiger partial charge in [-0.25, -0.2) is 0 Å². The Morgan fingerprint density at radius 1 is 0.704 bits per heavy atom. The molecule has 1 atom stereocenters. The van der Waals surface area contributed by atoms with Crippen molar-refractivity contribution in [3.05, 3.63) is 130 Å². The molecule has 132 valence electrons.